The molecule has 0 aromatic heterocycles. The molecule has 2 N–H and O–H groups in total. The summed E-state index contributed by atoms with van der Waals surface area (Å²) in [6, 6.07) is 3.64. The molecule has 0 aliphatic carbocycles. The lowest BCUT2D eigenvalue weighted by molar-refractivity contribution is 0.415. The Morgan fingerprint density at radius 1 is 1.44 bits per heavy atom. The summed E-state index contributed by atoms with van der Waals surface area (Å²) in [6.45, 7) is 1.97. The Labute approximate surface area is 111 Å². The van der Waals surface area contributed by atoms with Gasteiger partial charge in [-0.15, -0.1) is 0 Å². The monoisotopic (exact) mass is 277 g/mol. The maximum absolute atomic E-state index is 6.02. The average molecular weight is 278 g/mol. The van der Waals surface area contributed by atoms with Gasteiger partial charge in [0, 0.05) is 5.92 Å². The molecule has 0 saturated heterocycles. The fourth-order valence-corrected chi connectivity index (χ4v) is 2.15. The summed E-state index contributed by atoms with van der Waals surface area (Å²) in [4.78, 5) is 0.489. The molecule has 2 nitrogen and oxygen atoms in total. The van der Waals surface area contributed by atoms with E-state index in [-0.39, 0.29) is 5.92 Å². The fraction of sp³-hybridized carbons (Fsp3) is 0.364. The van der Waals surface area contributed by atoms with Crippen molar-refractivity contribution in [1.29, 1.82) is 0 Å². The third kappa shape index (κ3) is 3.24. The van der Waals surface area contributed by atoms with Crippen molar-refractivity contribution in [3.8, 4) is 5.75 Å². The second kappa shape index (κ2) is 5.71. The molecule has 0 aliphatic heterocycles. The first-order valence-electron chi connectivity index (χ1n) is 4.77. The molecule has 1 unspecified atom stereocenters. The maximum atomic E-state index is 6.02. The summed E-state index contributed by atoms with van der Waals surface area (Å²) in [5.41, 5.74) is 6.55. The van der Waals surface area contributed by atoms with Crippen molar-refractivity contribution in [3.05, 3.63) is 27.7 Å². The predicted octanol–water partition coefficient (Wildman–Crippen LogP) is 3.47. The van der Waals surface area contributed by atoms with Crippen LogP contribution in [0.25, 0.3) is 0 Å². The van der Waals surface area contributed by atoms with Crippen LogP contribution in [-0.2, 0) is 6.42 Å². The van der Waals surface area contributed by atoms with E-state index < -0.39 is 0 Å². The number of nitrogens with two attached hydrogens (primary N) is 1. The van der Waals surface area contributed by atoms with E-state index in [0.29, 0.717) is 20.8 Å². The standard InChI is InChI=1S/C11H13Cl2NOS/c1-6(11(14)16)3-7-4-8(12)10(15-2)9(13)5-7/h4-6H,3H2,1-2H3,(H2,14,16). The summed E-state index contributed by atoms with van der Waals surface area (Å²) in [6.07, 6.45) is 0.721. The molecule has 0 fully saturated rings. The van der Waals surface area contributed by atoms with E-state index in [0.717, 1.165) is 12.0 Å². The van der Waals surface area contributed by atoms with Crippen molar-refractivity contribution < 1.29 is 4.74 Å². The molecule has 0 heterocycles. The Kier molecular flexibility index (Phi) is 4.84. The van der Waals surface area contributed by atoms with E-state index >= 15 is 0 Å². The van der Waals surface area contributed by atoms with Gasteiger partial charge in [0.2, 0.25) is 0 Å². The third-order valence-corrected chi connectivity index (χ3v) is 3.25. The Balaban J connectivity index is 2.96. The van der Waals surface area contributed by atoms with Gasteiger partial charge in [-0.2, -0.15) is 0 Å². The lowest BCUT2D eigenvalue weighted by Gasteiger charge is -2.12. The summed E-state index contributed by atoms with van der Waals surface area (Å²) in [7, 11) is 1.53. The smallest absolute Gasteiger partial charge is 0.156 e. The highest BCUT2D eigenvalue weighted by Crippen LogP contribution is 2.34. The molecule has 0 amide bonds. The minimum Gasteiger partial charge on any atom is -0.494 e. The molecule has 0 aliphatic rings. The molecule has 1 rings (SSSR count). The lowest BCUT2D eigenvalue weighted by atomic mass is 10.0. The molecule has 16 heavy (non-hydrogen) atoms. The van der Waals surface area contributed by atoms with Crippen LogP contribution >= 0.6 is 35.4 Å². The van der Waals surface area contributed by atoms with Crippen LogP contribution in [0.5, 0.6) is 5.75 Å². The van der Waals surface area contributed by atoms with Gasteiger partial charge < -0.3 is 10.5 Å². The minimum absolute atomic E-state index is 0.121. The third-order valence-electron chi connectivity index (χ3n) is 2.29. The van der Waals surface area contributed by atoms with E-state index in [9.17, 15) is 0 Å². The van der Waals surface area contributed by atoms with E-state index in [1.165, 1.54) is 7.11 Å². The summed E-state index contributed by atoms with van der Waals surface area (Å²) in [5, 5.41) is 1.00. The molecule has 1 atom stereocenters. The van der Waals surface area contributed by atoms with Crippen LogP contribution in [0.4, 0.5) is 0 Å². The zero-order chi connectivity index (χ0) is 12.3. The summed E-state index contributed by atoms with van der Waals surface area (Å²) >= 11 is 17.0. The number of ether oxygens (including phenoxy) is 1. The Morgan fingerprint density at radius 3 is 2.31 bits per heavy atom. The van der Waals surface area contributed by atoms with Gasteiger partial charge in [0.15, 0.2) is 5.75 Å². The van der Waals surface area contributed by atoms with Crippen LogP contribution in [-0.4, -0.2) is 12.1 Å². The van der Waals surface area contributed by atoms with Gasteiger partial charge in [-0.1, -0.05) is 42.3 Å². The largest absolute Gasteiger partial charge is 0.494 e. The van der Waals surface area contributed by atoms with Gasteiger partial charge in [-0.25, -0.2) is 0 Å². The highest BCUT2D eigenvalue weighted by atomic mass is 35.5. The van der Waals surface area contributed by atoms with Crippen LogP contribution in [0.2, 0.25) is 10.0 Å². The average Bonchev–Trinajstić information content (AvgIpc) is 2.16. The van der Waals surface area contributed by atoms with E-state index in [2.05, 4.69) is 0 Å². The molecule has 5 heteroatoms. The van der Waals surface area contributed by atoms with Crippen molar-refractivity contribution in [2.24, 2.45) is 11.7 Å². The SMILES string of the molecule is COc1c(Cl)cc(CC(C)C(N)=S)cc1Cl. The number of hydrogen-bond acceptors (Lipinski definition) is 2. The number of thiocarbonyl (C=S) groups is 1. The number of halogens is 2. The topological polar surface area (TPSA) is 35.2 Å². The molecule has 88 valence electrons. The summed E-state index contributed by atoms with van der Waals surface area (Å²) < 4.78 is 5.07. The Hall–Kier alpha value is -0.510. The fourth-order valence-electron chi connectivity index (χ4n) is 1.38. The van der Waals surface area contributed by atoms with Gasteiger partial charge in [-0.3, -0.25) is 0 Å². The first kappa shape index (κ1) is 13.6. The quantitative estimate of drug-likeness (QED) is 0.856. The molecule has 0 radical (unpaired) electrons. The van der Waals surface area contributed by atoms with Crippen LogP contribution in [0, 0.1) is 5.92 Å². The van der Waals surface area contributed by atoms with E-state index in [1.54, 1.807) is 0 Å². The number of methoxy groups -OCH3 is 1. The molecule has 0 saturated carbocycles. The Morgan fingerprint density at radius 2 is 1.94 bits per heavy atom. The number of benzene rings is 1. The van der Waals surface area contributed by atoms with Crippen molar-refractivity contribution >= 4 is 40.4 Å². The normalized spacial score (nSPS) is 12.2. The molecule has 0 bridgehead atoms. The van der Waals surface area contributed by atoms with Crippen molar-refractivity contribution in [2.45, 2.75) is 13.3 Å². The second-order valence-electron chi connectivity index (χ2n) is 3.60. The van der Waals surface area contributed by atoms with Gasteiger partial charge in [-0.05, 0) is 24.1 Å². The Bertz CT molecular complexity index is 386. The van der Waals surface area contributed by atoms with Crippen LogP contribution in [0.15, 0.2) is 12.1 Å². The van der Waals surface area contributed by atoms with Crippen LogP contribution in [0.3, 0.4) is 0 Å². The predicted molar refractivity (Wildman–Crippen MR) is 72.7 cm³/mol. The molecular weight excluding hydrogens is 265 g/mol. The maximum Gasteiger partial charge on any atom is 0.156 e. The van der Waals surface area contributed by atoms with Crippen molar-refractivity contribution in [3.63, 3.8) is 0 Å². The van der Waals surface area contributed by atoms with Gasteiger partial charge in [0.05, 0.1) is 22.1 Å². The zero-order valence-corrected chi connectivity index (χ0v) is 11.4. The highest BCUT2D eigenvalue weighted by Gasteiger charge is 2.12. The molecule has 1 aromatic carbocycles. The van der Waals surface area contributed by atoms with Crippen LogP contribution in [0.1, 0.15) is 12.5 Å². The van der Waals surface area contributed by atoms with E-state index in [4.69, 9.17) is 45.9 Å². The second-order valence-corrected chi connectivity index (χ2v) is 4.89. The van der Waals surface area contributed by atoms with Crippen molar-refractivity contribution in [1.82, 2.24) is 0 Å². The van der Waals surface area contributed by atoms with E-state index in [1.807, 2.05) is 19.1 Å². The molecule has 1 aromatic rings. The summed E-state index contributed by atoms with van der Waals surface area (Å²) in [5.74, 6) is 0.616. The lowest BCUT2D eigenvalue weighted by Crippen LogP contribution is -2.20. The molecule has 0 spiro atoms. The van der Waals surface area contributed by atoms with Crippen molar-refractivity contribution in [2.75, 3.05) is 7.11 Å². The van der Waals surface area contributed by atoms with Gasteiger partial charge >= 0.3 is 0 Å². The van der Waals surface area contributed by atoms with Gasteiger partial charge in [0.1, 0.15) is 0 Å². The molecular formula is C11H13Cl2NOS. The minimum atomic E-state index is 0.121. The number of rotatable bonds is 4. The number of hydrogen-bond donors (Lipinski definition) is 1. The van der Waals surface area contributed by atoms with Crippen LogP contribution < -0.4 is 10.5 Å². The first-order valence-corrected chi connectivity index (χ1v) is 5.93. The van der Waals surface area contributed by atoms with Gasteiger partial charge in [0.25, 0.3) is 0 Å². The highest BCUT2D eigenvalue weighted by molar-refractivity contribution is 7.80. The zero-order valence-electron chi connectivity index (χ0n) is 9.09. The first-order chi connectivity index (χ1) is 7.45.